The van der Waals surface area contributed by atoms with Gasteiger partial charge in [-0.25, -0.2) is 0 Å². The van der Waals surface area contributed by atoms with Crippen LogP contribution in [0.2, 0.25) is 0 Å². The van der Waals surface area contributed by atoms with E-state index >= 15 is 0 Å². The van der Waals surface area contributed by atoms with Gasteiger partial charge in [0.15, 0.2) is 7.93 Å². The van der Waals surface area contributed by atoms with Gasteiger partial charge in [-0.05, 0) is 24.0 Å². The summed E-state index contributed by atoms with van der Waals surface area (Å²) >= 11 is 13.8. The van der Waals surface area contributed by atoms with Gasteiger partial charge in [0.25, 0.3) is 0 Å². The average Bonchev–Trinajstić information content (AvgIpc) is 2.47. The molecule has 0 atom stereocenters. The summed E-state index contributed by atoms with van der Waals surface area (Å²) in [5.41, 5.74) is 2.22. The number of carbonyl (C=O) groups is 1. The average molecular weight is 554 g/mol. The summed E-state index contributed by atoms with van der Waals surface area (Å²) in [6, 6.07) is 20.0. The van der Waals surface area contributed by atoms with Crippen LogP contribution in [-0.4, -0.2) is 12.3 Å². The van der Waals surface area contributed by atoms with E-state index in [2.05, 4.69) is 63.7 Å². The van der Waals surface area contributed by atoms with Gasteiger partial charge in [0.2, 0.25) is 0 Å². The number of halogens is 4. The molecule has 0 aliphatic rings. The van der Waals surface area contributed by atoms with Gasteiger partial charge >= 0.3 is 0 Å². The van der Waals surface area contributed by atoms with Crippen LogP contribution in [0.3, 0.4) is 0 Å². The van der Waals surface area contributed by atoms with Crippen LogP contribution < -0.4 is 0 Å². The summed E-state index contributed by atoms with van der Waals surface area (Å²) in [4.78, 5) is 12.9. The zero-order valence-electron chi connectivity index (χ0n) is 11.6. The number of hydrogen-bond donors (Lipinski definition) is 0. The number of alkyl halides is 4. The Balaban J connectivity index is 2.33. The van der Waals surface area contributed by atoms with Gasteiger partial charge in [-0.2, -0.15) is 0 Å². The molecule has 0 bridgehead atoms. The third kappa shape index (κ3) is 5.02. The van der Waals surface area contributed by atoms with Gasteiger partial charge < -0.3 is 0 Å². The van der Waals surface area contributed by atoms with Gasteiger partial charge in [-0.15, -0.1) is 0 Å². The highest BCUT2D eigenvalue weighted by molar-refractivity contribution is 9.40. The second kappa shape index (κ2) is 7.73. The van der Waals surface area contributed by atoms with Crippen molar-refractivity contribution in [3.05, 3.63) is 71.8 Å². The Morgan fingerprint density at radius 2 is 1.09 bits per heavy atom. The zero-order chi connectivity index (χ0) is 16.2. The largest absolute Gasteiger partial charge is 0.295 e. The highest BCUT2D eigenvalue weighted by Crippen LogP contribution is 2.43. The molecule has 5 heteroatoms. The number of hydrogen-bond acceptors (Lipinski definition) is 1. The van der Waals surface area contributed by atoms with Crippen LogP contribution in [0.15, 0.2) is 60.7 Å². The normalized spacial score (nSPS) is 12.2. The molecule has 0 aromatic heterocycles. The highest BCUT2D eigenvalue weighted by Gasteiger charge is 2.45. The summed E-state index contributed by atoms with van der Waals surface area (Å²) in [6.45, 7) is 0. The van der Waals surface area contributed by atoms with Crippen molar-refractivity contribution < 1.29 is 4.79 Å². The maximum atomic E-state index is 12.9. The molecular formula is C17H14Br4O. The number of carbonyl (C=O) groups excluding carboxylic acids is 1. The fraction of sp³-hybridized carbons (Fsp3) is 0.235. The SMILES string of the molecule is O=C(C(Br)(Br)Br)C(Br)(Cc1ccccc1)Cc1ccccc1. The van der Waals surface area contributed by atoms with Crippen LogP contribution in [0.25, 0.3) is 0 Å². The van der Waals surface area contributed by atoms with E-state index in [0.29, 0.717) is 12.8 Å². The topological polar surface area (TPSA) is 17.1 Å². The Hall–Kier alpha value is 0.0300. The second-order valence-corrected chi connectivity index (χ2v) is 13.4. The first-order valence-electron chi connectivity index (χ1n) is 6.70. The molecule has 1 nitrogen and oxygen atoms in total. The van der Waals surface area contributed by atoms with Crippen LogP contribution in [-0.2, 0) is 17.6 Å². The molecule has 0 N–H and O–H groups in total. The van der Waals surface area contributed by atoms with Gasteiger partial charge in [-0.3, -0.25) is 4.79 Å². The Bertz CT molecular complexity index is 579. The smallest absolute Gasteiger partial charge is 0.194 e. The van der Waals surface area contributed by atoms with E-state index in [0.717, 1.165) is 11.1 Å². The molecule has 0 saturated carbocycles. The van der Waals surface area contributed by atoms with Crippen molar-refractivity contribution in [2.24, 2.45) is 0 Å². The lowest BCUT2D eigenvalue weighted by atomic mass is 9.89. The van der Waals surface area contributed by atoms with Crippen LogP contribution in [0.1, 0.15) is 11.1 Å². The fourth-order valence-corrected chi connectivity index (χ4v) is 5.20. The van der Waals surface area contributed by atoms with Crippen LogP contribution in [0, 0.1) is 0 Å². The van der Waals surface area contributed by atoms with Gasteiger partial charge in [0.05, 0.1) is 4.32 Å². The van der Waals surface area contributed by atoms with E-state index in [1.165, 1.54) is 0 Å². The molecule has 116 valence electrons. The van der Waals surface area contributed by atoms with Crippen molar-refractivity contribution in [1.82, 2.24) is 0 Å². The summed E-state index contributed by atoms with van der Waals surface area (Å²) < 4.78 is -1.66. The first-order valence-corrected chi connectivity index (χ1v) is 9.87. The maximum Gasteiger partial charge on any atom is 0.194 e. The van der Waals surface area contributed by atoms with Crippen molar-refractivity contribution in [3.63, 3.8) is 0 Å². The molecule has 0 heterocycles. The number of benzene rings is 2. The third-order valence-electron chi connectivity index (χ3n) is 3.32. The molecule has 0 unspecified atom stereocenters. The van der Waals surface area contributed by atoms with E-state index in [-0.39, 0.29) is 5.78 Å². The summed E-state index contributed by atoms with van der Waals surface area (Å²) in [7, 11) is 0. The number of ketones is 1. The van der Waals surface area contributed by atoms with E-state index in [9.17, 15) is 4.79 Å². The molecular weight excluding hydrogens is 540 g/mol. The summed E-state index contributed by atoms with van der Waals surface area (Å²) in [5.74, 6) is -0.00675. The summed E-state index contributed by atoms with van der Waals surface area (Å²) in [6.07, 6.45) is 1.21. The first kappa shape index (κ1) is 18.4. The third-order valence-corrected chi connectivity index (χ3v) is 5.32. The minimum Gasteiger partial charge on any atom is -0.295 e. The monoisotopic (exact) mass is 550 g/mol. The van der Waals surface area contributed by atoms with Crippen LogP contribution in [0.5, 0.6) is 0 Å². The minimum absolute atomic E-state index is 0.00675. The van der Waals surface area contributed by atoms with Crippen molar-refractivity contribution in [1.29, 1.82) is 0 Å². The lowest BCUT2D eigenvalue weighted by molar-refractivity contribution is -0.119. The standard InChI is InChI=1S/C17H14Br4O/c18-16(15(22)17(19,20)21,11-13-7-3-1-4-8-13)12-14-9-5-2-6-10-14/h1-10H,11-12H2. The lowest BCUT2D eigenvalue weighted by Gasteiger charge is -2.30. The molecule has 0 aliphatic carbocycles. The van der Waals surface area contributed by atoms with Crippen molar-refractivity contribution in [2.45, 2.75) is 19.3 Å². The van der Waals surface area contributed by atoms with E-state index in [4.69, 9.17) is 0 Å². The Morgan fingerprint density at radius 3 is 1.41 bits per heavy atom. The highest BCUT2D eigenvalue weighted by atomic mass is 80.0. The van der Waals surface area contributed by atoms with E-state index in [1.54, 1.807) is 0 Å². The quantitative estimate of drug-likeness (QED) is 0.414. The molecule has 2 aromatic rings. The number of rotatable bonds is 5. The molecule has 0 amide bonds. The molecule has 0 aliphatic heterocycles. The van der Waals surface area contributed by atoms with Crippen molar-refractivity contribution in [3.8, 4) is 0 Å². The zero-order valence-corrected chi connectivity index (χ0v) is 18.0. The van der Waals surface area contributed by atoms with E-state index in [1.807, 2.05) is 60.7 Å². The number of Topliss-reactive ketones (excluding diaryl/α,β-unsaturated/α-hetero) is 1. The molecule has 0 fully saturated rings. The lowest BCUT2D eigenvalue weighted by Crippen LogP contribution is -2.43. The fourth-order valence-electron chi connectivity index (χ4n) is 2.32. The van der Waals surface area contributed by atoms with Crippen molar-refractivity contribution in [2.75, 3.05) is 0 Å². The minimum atomic E-state index is -0.944. The van der Waals surface area contributed by atoms with Gasteiger partial charge in [0.1, 0.15) is 0 Å². The Kier molecular flexibility index (Phi) is 6.46. The second-order valence-electron chi connectivity index (χ2n) is 5.12. The molecule has 0 radical (unpaired) electrons. The summed E-state index contributed by atoms with van der Waals surface area (Å²) in [5, 5.41) is 0. The molecule has 2 aromatic carbocycles. The van der Waals surface area contributed by atoms with Crippen molar-refractivity contribution >= 4 is 69.5 Å². The molecule has 0 saturated heterocycles. The Morgan fingerprint density at radius 1 is 0.727 bits per heavy atom. The van der Waals surface area contributed by atoms with Gasteiger partial charge in [0, 0.05) is 0 Å². The van der Waals surface area contributed by atoms with Gasteiger partial charge in [-0.1, -0.05) is 124 Å². The Labute approximate surface area is 164 Å². The van der Waals surface area contributed by atoms with Crippen LogP contribution >= 0.6 is 63.7 Å². The van der Waals surface area contributed by atoms with Crippen LogP contribution in [0.4, 0.5) is 0 Å². The molecule has 2 rings (SSSR count). The first-order chi connectivity index (χ1) is 10.3. The maximum absolute atomic E-state index is 12.9. The molecule has 22 heavy (non-hydrogen) atoms. The predicted octanol–water partition coefficient (Wildman–Crippen LogP) is 6.01. The van der Waals surface area contributed by atoms with E-state index < -0.39 is 6.47 Å². The molecule has 0 spiro atoms. The predicted molar refractivity (Wildman–Crippen MR) is 106 cm³/mol.